The van der Waals surface area contributed by atoms with Crippen molar-refractivity contribution in [2.24, 2.45) is 0 Å². The van der Waals surface area contributed by atoms with Crippen molar-refractivity contribution in [2.45, 2.75) is 5.66 Å². The molecular formula is C20H17BrF2N3O2PS. The summed E-state index contributed by atoms with van der Waals surface area (Å²) in [6.45, 7) is 1.48. The molecule has 156 valence electrons. The molecule has 10 heteroatoms. The first-order chi connectivity index (χ1) is 14.4. The monoisotopic (exact) mass is 511 g/mol. The van der Waals surface area contributed by atoms with Crippen molar-refractivity contribution in [3.63, 3.8) is 0 Å². The summed E-state index contributed by atoms with van der Waals surface area (Å²) in [6.07, 6.45) is 0. The fraction of sp³-hybridized carbons (Fsp3) is 0.200. The number of fused-ring (bicyclic) bond motifs is 1. The molecule has 5 nitrogen and oxygen atoms in total. The maximum absolute atomic E-state index is 14.9. The van der Waals surface area contributed by atoms with Gasteiger partial charge in [0, 0.05) is 11.6 Å². The molecule has 0 aliphatic rings. The Bertz CT molecular complexity index is 1230. The van der Waals surface area contributed by atoms with E-state index >= 15 is 0 Å². The minimum atomic E-state index is -3.04. The van der Waals surface area contributed by atoms with Crippen LogP contribution in [-0.2, 0) is 5.66 Å². The highest BCUT2D eigenvalue weighted by Gasteiger charge is 2.34. The van der Waals surface area contributed by atoms with Gasteiger partial charge in [-0.05, 0) is 67.6 Å². The molecule has 1 unspecified atom stereocenters. The van der Waals surface area contributed by atoms with E-state index in [0.29, 0.717) is 34.1 Å². The van der Waals surface area contributed by atoms with Crippen LogP contribution >= 0.6 is 35.8 Å². The standard InChI is InChI=1S/C20H17BrF2N3O2PS/c1-27-14-5-4-11(8-15(14)28-2)12-9-17(20(22,23)29-3)26-19(24-12)10-13(25-26)16-6-7-18(21)30-16/h4-10,29H,1-3H3. The van der Waals surface area contributed by atoms with Crippen molar-refractivity contribution in [2.75, 3.05) is 20.9 Å². The molecule has 4 aromatic rings. The predicted molar refractivity (Wildman–Crippen MR) is 121 cm³/mol. The zero-order valence-electron chi connectivity index (χ0n) is 16.2. The number of thiophene rings is 1. The van der Waals surface area contributed by atoms with Crippen LogP contribution in [0.15, 0.2) is 46.3 Å². The Balaban J connectivity index is 1.93. The van der Waals surface area contributed by atoms with E-state index in [4.69, 9.17) is 9.47 Å². The number of rotatable bonds is 6. The summed E-state index contributed by atoms with van der Waals surface area (Å²) in [6, 6.07) is 12.1. The van der Waals surface area contributed by atoms with E-state index in [9.17, 15) is 8.78 Å². The van der Waals surface area contributed by atoms with Gasteiger partial charge < -0.3 is 9.47 Å². The third kappa shape index (κ3) is 3.82. The van der Waals surface area contributed by atoms with Crippen molar-refractivity contribution in [1.29, 1.82) is 0 Å². The zero-order valence-corrected chi connectivity index (χ0v) is 19.6. The van der Waals surface area contributed by atoms with Crippen LogP contribution in [-0.4, -0.2) is 35.5 Å². The molecule has 3 heterocycles. The van der Waals surface area contributed by atoms with Crippen LogP contribution in [0.4, 0.5) is 8.78 Å². The van der Waals surface area contributed by atoms with E-state index in [-0.39, 0.29) is 5.69 Å². The second-order valence-corrected chi connectivity index (χ2v) is 9.92. The Morgan fingerprint density at radius 3 is 2.43 bits per heavy atom. The van der Waals surface area contributed by atoms with Crippen molar-refractivity contribution in [3.05, 3.63) is 51.9 Å². The molecule has 0 fully saturated rings. The normalized spacial score (nSPS) is 12.2. The summed E-state index contributed by atoms with van der Waals surface area (Å²) >= 11 is 4.91. The lowest BCUT2D eigenvalue weighted by Crippen LogP contribution is -2.14. The molecule has 0 spiro atoms. The molecule has 0 aliphatic carbocycles. The van der Waals surface area contributed by atoms with E-state index < -0.39 is 14.2 Å². The van der Waals surface area contributed by atoms with Crippen LogP contribution in [0, 0.1) is 0 Å². The van der Waals surface area contributed by atoms with E-state index in [1.54, 1.807) is 31.4 Å². The van der Waals surface area contributed by atoms with Crippen LogP contribution in [0.3, 0.4) is 0 Å². The summed E-state index contributed by atoms with van der Waals surface area (Å²) in [5.74, 6) is 1.05. The molecule has 1 atom stereocenters. The Labute approximate surface area is 186 Å². The fourth-order valence-corrected chi connectivity index (χ4v) is 4.82. The molecule has 0 saturated heterocycles. The quantitative estimate of drug-likeness (QED) is 0.286. The Morgan fingerprint density at radius 1 is 1.03 bits per heavy atom. The summed E-state index contributed by atoms with van der Waals surface area (Å²) in [7, 11) is 2.45. The zero-order chi connectivity index (χ0) is 21.5. The van der Waals surface area contributed by atoms with Crippen LogP contribution in [0.1, 0.15) is 5.69 Å². The summed E-state index contributed by atoms with van der Waals surface area (Å²) in [5, 5.41) is 4.43. The highest BCUT2D eigenvalue weighted by Crippen LogP contribution is 2.44. The topological polar surface area (TPSA) is 48.7 Å². The second-order valence-electron chi connectivity index (χ2n) is 6.32. The largest absolute Gasteiger partial charge is 0.493 e. The smallest absolute Gasteiger partial charge is 0.302 e. The maximum Gasteiger partial charge on any atom is 0.302 e. The Hall–Kier alpha value is -2.09. The minimum absolute atomic E-state index is 0.194. The van der Waals surface area contributed by atoms with Gasteiger partial charge in [-0.1, -0.05) is 0 Å². The van der Waals surface area contributed by atoms with E-state index in [0.717, 1.165) is 8.66 Å². The highest BCUT2D eigenvalue weighted by molar-refractivity contribution is 9.11. The lowest BCUT2D eigenvalue weighted by Gasteiger charge is -2.17. The third-order valence-corrected chi connectivity index (χ3v) is 7.10. The molecule has 0 amide bonds. The Morgan fingerprint density at radius 2 is 1.80 bits per heavy atom. The van der Waals surface area contributed by atoms with Gasteiger partial charge in [0.25, 0.3) is 0 Å². The van der Waals surface area contributed by atoms with Gasteiger partial charge in [0.2, 0.25) is 0 Å². The number of hydrogen-bond acceptors (Lipinski definition) is 5. The van der Waals surface area contributed by atoms with Gasteiger partial charge in [-0.25, -0.2) is 9.50 Å². The van der Waals surface area contributed by atoms with Crippen molar-refractivity contribution >= 4 is 41.5 Å². The molecule has 0 radical (unpaired) electrons. The number of methoxy groups -OCH3 is 2. The SMILES string of the molecule is COc1ccc(-c2cc(C(F)(F)PC)n3nc(-c4ccc(Br)s4)cc3n2)cc1OC. The molecule has 0 bridgehead atoms. The number of ether oxygens (including phenoxy) is 2. The molecule has 30 heavy (non-hydrogen) atoms. The first-order valence-corrected chi connectivity index (χ1v) is 11.9. The van der Waals surface area contributed by atoms with Gasteiger partial charge in [0.15, 0.2) is 17.1 Å². The van der Waals surface area contributed by atoms with Gasteiger partial charge in [0.05, 0.1) is 28.6 Å². The van der Waals surface area contributed by atoms with E-state index in [1.165, 1.54) is 35.7 Å². The van der Waals surface area contributed by atoms with E-state index in [2.05, 4.69) is 26.0 Å². The summed E-state index contributed by atoms with van der Waals surface area (Å²) < 4.78 is 42.5. The first-order valence-electron chi connectivity index (χ1n) is 8.82. The van der Waals surface area contributed by atoms with Gasteiger partial charge >= 0.3 is 5.66 Å². The molecule has 1 aromatic carbocycles. The predicted octanol–water partition coefficient (Wildman–Crippen LogP) is 6.26. The van der Waals surface area contributed by atoms with Crippen LogP contribution in [0.2, 0.25) is 0 Å². The van der Waals surface area contributed by atoms with Crippen LogP contribution in [0.25, 0.3) is 27.5 Å². The number of aromatic nitrogens is 3. The van der Waals surface area contributed by atoms with Gasteiger partial charge in [-0.3, -0.25) is 0 Å². The molecule has 4 rings (SSSR count). The number of hydrogen-bond donors (Lipinski definition) is 0. The average molecular weight is 512 g/mol. The third-order valence-electron chi connectivity index (χ3n) is 4.57. The number of benzene rings is 1. The first kappa shape index (κ1) is 21.2. The Kier molecular flexibility index (Phi) is 5.79. The average Bonchev–Trinajstić information content (AvgIpc) is 3.38. The number of halogens is 3. The lowest BCUT2D eigenvalue weighted by atomic mass is 10.1. The summed E-state index contributed by atoms with van der Waals surface area (Å²) in [5.41, 5.74) is -1.22. The molecule has 0 N–H and O–H groups in total. The minimum Gasteiger partial charge on any atom is -0.493 e. The van der Waals surface area contributed by atoms with Crippen molar-refractivity contribution in [3.8, 4) is 33.3 Å². The highest BCUT2D eigenvalue weighted by atomic mass is 79.9. The number of nitrogens with zero attached hydrogens (tertiary/aromatic N) is 3. The maximum atomic E-state index is 14.9. The molecule has 0 saturated carbocycles. The molecule has 0 aliphatic heterocycles. The van der Waals surface area contributed by atoms with Crippen LogP contribution < -0.4 is 9.47 Å². The summed E-state index contributed by atoms with van der Waals surface area (Å²) in [4.78, 5) is 5.47. The van der Waals surface area contributed by atoms with Gasteiger partial charge in [-0.2, -0.15) is 13.9 Å². The lowest BCUT2D eigenvalue weighted by molar-refractivity contribution is 0.0932. The van der Waals surface area contributed by atoms with Gasteiger partial charge in [0.1, 0.15) is 11.4 Å². The van der Waals surface area contributed by atoms with Crippen molar-refractivity contribution in [1.82, 2.24) is 14.6 Å². The van der Waals surface area contributed by atoms with E-state index in [1.807, 2.05) is 12.1 Å². The van der Waals surface area contributed by atoms with Crippen molar-refractivity contribution < 1.29 is 18.3 Å². The van der Waals surface area contributed by atoms with Gasteiger partial charge in [-0.15, -0.1) is 11.3 Å². The fourth-order valence-electron chi connectivity index (χ4n) is 3.04. The molecule has 3 aromatic heterocycles. The molecular weight excluding hydrogens is 495 g/mol. The number of alkyl halides is 2. The van der Waals surface area contributed by atoms with Crippen LogP contribution in [0.5, 0.6) is 11.5 Å². The second kappa shape index (κ2) is 8.21.